The van der Waals surface area contributed by atoms with Crippen LogP contribution in [-0.4, -0.2) is 78.1 Å². The fourth-order valence-corrected chi connectivity index (χ4v) is 3.02. The predicted octanol–water partition coefficient (Wildman–Crippen LogP) is 3.74. The van der Waals surface area contributed by atoms with Crippen LogP contribution >= 0.6 is 0 Å². The maximum atomic E-state index is 12.0. The molecule has 1 amide bonds. The monoisotopic (exact) mass is 497 g/mol. The van der Waals surface area contributed by atoms with Gasteiger partial charge in [-0.05, 0) is 18.4 Å². The molecule has 0 aliphatic heterocycles. The van der Waals surface area contributed by atoms with Gasteiger partial charge in [-0.1, -0.05) is 57.0 Å². The summed E-state index contributed by atoms with van der Waals surface area (Å²) in [7, 11) is 0. The molecule has 0 heterocycles. The molecule has 0 radical (unpaired) electrons. The summed E-state index contributed by atoms with van der Waals surface area (Å²) in [6.07, 6.45) is 3.36. The van der Waals surface area contributed by atoms with E-state index in [1.54, 1.807) is 0 Å². The summed E-state index contributed by atoms with van der Waals surface area (Å²) in [5.41, 5.74) is 0.938. The minimum Gasteiger partial charge on any atom is -0.463 e. The Labute approximate surface area is 209 Å². The van der Waals surface area contributed by atoms with Crippen molar-refractivity contribution in [2.24, 2.45) is 5.92 Å². The van der Waals surface area contributed by atoms with Gasteiger partial charge in [-0.25, -0.2) is 4.79 Å². The van der Waals surface area contributed by atoms with E-state index in [4.69, 9.17) is 28.4 Å². The van der Waals surface area contributed by atoms with Gasteiger partial charge in [0.05, 0.1) is 58.8 Å². The first-order valence-electron chi connectivity index (χ1n) is 12.6. The summed E-state index contributed by atoms with van der Waals surface area (Å²) < 4.78 is 32.0. The molecule has 0 spiro atoms. The number of carbonyl (C=O) groups is 2. The van der Waals surface area contributed by atoms with Crippen LogP contribution in [0, 0.1) is 5.92 Å². The highest BCUT2D eigenvalue weighted by atomic mass is 16.6. The molecule has 9 heteroatoms. The topological polar surface area (TPSA) is 102 Å². The Morgan fingerprint density at radius 1 is 0.771 bits per heavy atom. The summed E-state index contributed by atoms with van der Waals surface area (Å²) >= 11 is 0. The van der Waals surface area contributed by atoms with E-state index in [0.29, 0.717) is 59.4 Å². The Morgan fingerprint density at radius 3 is 1.91 bits per heavy atom. The van der Waals surface area contributed by atoms with Gasteiger partial charge in [0.25, 0.3) is 0 Å². The minimum atomic E-state index is -0.469. The molecule has 1 aromatic rings. The van der Waals surface area contributed by atoms with Crippen LogP contribution in [0.2, 0.25) is 0 Å². The number of carbonyl (C=O) groups excluding carboxylic acids is 2. The quantitative estimate of drug-likeness (QED) is 0.191. The Kier molecular flexibility index (Phi) is 19.6. The number of ether oxygens (including phenoxy) is 6. The highest BCUT2D eigenvalue weighted by Gasteiger charge is 2.16. The smallest absolute Gasteiger partial charge is 0.407 e. The Bertz CT molecular complexity index is 643. The highest BCUT2D eigenvalue weighted by Crippen LogP contribution is 2.14. The molecule has 0 saturated carbocycles. The summed E-state index contributed by atoms with van der Waals surface area (Å²) in [6.45, 7) is 8.45. The fourth-order valence-electron chi connectivity index (χ4n) is 3.02. The molecule has 1 unspecified atom stereocenters. The molecule has 35 heavy (non-hydrogen) atoms. The largest absolute Gasteiger partial charge is 0.463 e. The molecule has 1 rings (SSSR count). The molecule has 0 fully saturated rings. The van der Waals surface area contributed by atoms with Crippen molar-refractivity contribution >= 4 is 12.1 Å². The minimum absolute atomic E-state index is 0.00526. The lowest BCUT2D eigenvalue weighted by Crippen LogP contribution is -2.28. The molecule has 0 aromatic heterocycles. The Hall–Kier alpha value is -2.20. The summed E-state index contributed by atoms with van der Waals surface area (Å²) in [5.74, 6) is -0.131. The normalized spacial score (nSPS) is 11.7. The number of unbranched alkanes of at least 4 members (excludes halogenated alkanes) is 1. The number of hydrogen-bond donors (Lipinski definition) is 1. The van der Waals surface area contributed by atoms with E-state index in [-0.39, 0.29) is 25.1 Å². The van der Waals surface area contributed by atoms with Crippen LogP contribution in [0.4, 0.5) is 4.79 Å². The van der Waals surface area contributed by atoms with E-state index in [1.165, 1.54) is 0 Å². The van der Waals surface area contributed by atoms with Gasteiger partial charge in [0, 0.05) is 6.54 Å². The van der Waals surface area contributed by atoms with Crippen LogP contribution in [0.15, 0.2) is 30.3 Å². The number of alkyl carbamates (subject to hydrolysis) is 1. The van der Waals surface area contributed by atoms with E-state index < -0.39 is 6.09 Å². The van der Waals surface area contributed by atoms with Crippen LogP contribution < -0.4 is 5.32 Å². The zero-order valence-corrected chi connectivity index (χ0v) is 21.3. The van der Waals surface area contributed by atoms with Crippen molar-refractivity contribution in [3.05, 3.63) is 35.9 Å². The molecular formula is C26H43NO8. The number of rotatable bonds is 22. The van der Waals surface area contributed by atoms with Crippen molar-refractivity contribution in [1.82, 2.24) is 5.32 Å². The zero-order valence-electron chi connectivity index (χ0n) is 21.3. The van der Waals surface area contributed by atoms with Gasteiger partial charge < -0.3 is 33.7 Å². The van der Waals surface area contributed by atoms with Gasteiger partial charge in [-0.2, -0.15) is 0 Å². The molecule has 1 aromatic carbocycles. The van der Waals surface area contributed by atoms with Crippen LogP contribution in [0.3, 0.4) is 0 Å². The number of esters is 1. The second-order valence-corrected chi connectivity index (χ2v) is 7.85. The standard InChI is InChI=1S/C26H43NO8/c1-3-5-11-24(4-2)25(28)34-21-20-33-19-18-32-17-16-31-15-14-30-13-12-27-26(29)35-22-23-9-7-6-8-10-23/h6-10,24H,3-5,11-22H2,1-2H3,(H,27,29). The summed E-state index contributed by atoms with van der Waals surface area (Å²) in [5, 5.41) is 2.63. The van der Waals surface area contributed by atoms with Crippen LogP contribution in [0.5, 0.6) is 0 Å². The maximum Gasteiger partial charge on any atom is 0.407 e. The first-order chi connectivity index (χ1) is 17.2. The van der Waals surface area contributed by atoms with Crippen molar-refractivity contribution in [3.63, 3.8) is 0 Å². The van der Waals surface area contributed by atoms with E-state index >= 15 is 0 Å². The number of nitrogens with one attached hydrogen (secondary N) is 1. The highest BCUT2D eigenvalue weighted by molar-refractivity contribution is 5.72. The average molecular weight is 498 g/mol. The lowest BCUT2D eigenvalue weighted by molar-refractivity contribution is -0.150. The van der Waals surface area contributed by atoms with Gasteiger partial charge in [-0.3, -0.25) is 4.79 Å². The third kappa shape index (κ3) is 17.8. The summed E-state index contributed by atoms with van der Waals surface area (Å²) in [6, 6.07) is 9.50. The third-order valence-corrected chi connectivity index (χ3v) is 5.05. The molecule has 200 valence electrons. The van der Waals surface area contributed by atoms with Gasteiger partial charge in [-0.15, -0.1) is 0 Å². The lowest BCUT2D eigenvalue weighted by atomic mass is 10.00. The Balaban J connectivity index is 1.79. The predicted molar refractivity (Wildman–Crippen MR) is 132 cm³/mol. The van der Waals surface area contributed by atoms with Gasteiger partial charge in [0.2, 0.25) is 0 Å². The SMILES string of the molecule is CCCCC(CC)C(=O)OCCOCCOCCOCCOCCNC(=O)OCc1ccccc1. The average Bonchev–Trinajstić information content (AvgIpc) is 2.88. The van der Waals surface area contributed by atoms with Crippen LogP contribution in [0.25, 0.3) is 0 Å². The first kappa shape index (κ1) is 30.8. The number of amides is 1. The molecule has 0 aliphatic rings. The van der Waals surface area contributed by atoms with E-state index in [0.717, 1.165) is 31.2 Å². The van der Waals surface area contributed by atoms with Crippen molar-refractivity contribution in [2.75, 3.05) is 66.0 Å². The maximum absolute atomic E-state index is 12.0. The second-order valence-electron chi connectivity index (χ2n) is 7.85. The van der Waals surface area contributed by atoms with Gasteiger partial charge in [0.15, 0.2) is 0 Å². The first-order valence-corrected chi connectivity index (χ1v) is 12.6. The molecule has 1 N–H and O–H groups in total. The van der Waals surface area contributed by atoms with Gasteiger partial charge in [0.1, 0.15) is 13.2 Å². The van der Waals surface area contributed by atoms with Crippen molar-refractivity contribution in [2.45, 2.75) is 46.1 Å². The number of hydrogen-bond acceptors (Lipinski definition) is 8. The van der Waals surface area contributed by atoms with E-state index in [9.17, 15) is 9.59 Å². The molecule has 9 nitrogen and oxygen atoms in total. The zero-order chi connectivity index (χ0) is 25.4. The summed E-state index contributed by atoms with van der Waals surface area (Å²) in [4.78, 5) is 23.6. The van der Waals surface area contributed by atoms with Crippen LogP contribution in [0.1, 0.15) is 45.1 Å². The number of benzene rings is 1. The third-order valence-electron chi connectivity index (χ3n) is 5.05. The van der Waals surface area contributed by atoms with Gasteiger partial charge >= 0.3 is 12.1 Å². The van der Waals surface area contributed by atoms with Crippen molar-refractivity contribution < 1.29 is 38.0 Å². The van der Waals surface area contributed by atoms with Crippen molar-refractivity contribution in [3.8, 4) is 0 Å². The fraction of sp³-hybridized carbons (Fsp3) is 0.692. The molecule has 0 aliphatic carbocycles. The molecule has 0 saturated heterocycles. The Morgan fingerprint density at radius 2 is 1.34 bits per heavy atom. The lowest BCUT2D eigenvalue weighted by Gasteiger charge is -2.13. The van der Waals surface area contributed by atoms with E-state index in [2.05, 4.69) is 12.2 Å². The molecule has 0 bridgehead atoms. The van der Waals surface area contributed by atoms with Crippen molar-refractivity contribution in [1.29, 1.82) is 0 Å². The molecular weight excluding hydrogens is 454 g/mol. The van der Waals surface area contributed by atoms with E-state index in [1.807, 2.05) is 37.3 Å². The molecule has 1 atom stereocenters. The van der Waals surface area contributed by atoms with Crippen LogP contribution in [-0.2, 0) is 39.8 Å². The second kappa shape index (κ2) is 22.3.